The zero-order valence-corrected chi connectivity index (χ0v) is 16.4. The van der Waals surface area contributed by atoms with Gasteiger partial charge in [-0.25, -0.2) is 9.97 Å². The van der Waals surface area contributed by atoms with Crippen LogP contribution in [0.1, 0.15) is 55.4 Å². The van der Waals surface area contributed by atoms with Crippen molar-refractivity contribution in [2.75, 3.05) is 24.5 Å². The SMILES string of the molecule is CCCN(CCC)C(=O)c1cc(C)nc(N(CC)Cc2ccccc2)n1. The van der Waals surface area contributed by atoms with Gasteiger partial charge in [0.15, 0.2) is 0 Å². The maximum absolute atomic E-state index is 12.9. The number of rotatable bonds is 9. The minimum absolute atomic E-state index is 0.00351. The van der Waals surface area contributed by atoms with Crippen molar-refractivity contribution in [3.63, 3.8) is 0 Å². The predicted octanol–water partition coefficient (Wildman–Crippen LogP) is 4.07. The van der Waals surface area contributed by atoms with E-state index in [1.165, 1.54) is 5.56 Å². The fourth-order valence-electron chi connectivity index (χ4n) is 2.95. The van der Waals surface area contributed by atoms with E-state index in [9.17, 15) is 4.79 Å². The van der Waals surface area contributed by atoms with Gasteiger partial charge in [-0.3, -0.25) is 4.79 Å². The van der Waals surface area contributed by atoms with Crippen molar-refractivity contribution >= 4 is 11.9 Å². The fourth-order valence-corrected chi connectivity index (χ4v) is 2.95. The lowest BCUT2D eigenvalue weighted by Gasteiger charge is -2.24. The molecule has 0 fully saturated rings. The van der Waals surface area contributed by atoms with Crippen molar-refractivity contribution in [1.82, 2.24) is 14.9 Å². The standard InChI is InChI=1S/C21H30N4O/c1-5-13-25(14-6-2)20(26)19-15-17(4)22-21(23-19)24(7-3)16-18-11-9-8-10-12-18/h8-12,15H,5-7,13-14,16H2,1-4H3. The normalized spacial score (nSPS) is 10.6. The van der Waals surface area contributed by atoms with Gasteiger partial charge in [0.1, 0.15) is 5.69 Å². The number of anilines is 1. The minimum atomic E-state index is -0.00351. The number of aromatic nitrogens is 2. The zero-order chi connectivity index (χ0) is 18.9. The van der Waals surface area contributed by atoms with Crippen LogP contribution in [0, 0.1) is 6.92 Å². The predicted molar refractivity (Wildman–Crippen MR) is 106 cm³/mol. The van der Waals surface area contributed by atoms with Gasteiger partial charge in [0, 0.05) is 31.9 Å². The van der Waals surface area contributed by atoms with E-state index in [0.29, 0.717) is 11.6 Å². The lowest BCUT2D eigenvalue weighted by molar-refractivity contribution is 0.0749. The summed E-state index contributed by atoms with van der Waals surface area (Å²) in [5.74, 6) is 0.615. The Labute approximate surface area is 157 Å². The number of benzene rings is 1. The van der Waals surface area contributed by atoms with Crippen LogP contribution in [0.5, 0.6) is 0 Å². The highest BCUT2D eigenvalue weighted by Crippen LogP contribution is 2.15. The minimum Gasteiger partial charge on any atom is -0.337 e. The molecule has 1 amide bonds. The average Bonchev–Trinajstić information content (AvgIpc) is 2.65. The van der Waals surface area contributed by atoms with Crippen molar-refractivity contribution in [1.29, 1.82) is 0 Å². The highest BCUT2D eigenvalue weighted by molar-refractivity contribution is 5.92. The lowest BCUT2D eigenvalue weighted by atomic mass is 10.2. The van der Waals surface area contributed by atoms with Gasteiger partial charge in [-0.15, -0.1) is 0 Å². The second-order valence-corrected chi connectivity index (χ2v) is 6.49. The van der Waals surface area contributed by atoms with Crippen molar-refractivity contribution in [3.8, 4) is 0 Å². The first-order valence-corrected chi connectivity index (χ1v) is 9.52. The molecular weight excluding hydrogens is 324 g/mol. The van der Waals surface area contributed by atoms with Crippen LogP contribution < -0.4 is 4.90 Å². The highest BCUT2D eigenvalue weighted by atomic mass is 16.2. The molecule has 2 aromatic rings. The maximum atomic E-state index is 12.9. The van der Waals surface area contributed by atoms with Gasteiger partial charge in [0.2, 0.25) is 5.95 Å². The van der Waals surface area contributed by atoms with Crippen molar-refractivity contribution in [3.05, 3.63) is 53.3 Å². The molecule has 0 radical (unpaired) electrons. The molecule has 5 heteroatoms. The van der Waals surface area contributed by atoms with Gasteiger partial charge in [0.25, 0.3) is 5.91 Å². The molecule has 2 rings (SSSR count). The first kappa shape index (κ1) is 19.9. The number of hydrogen-bond acceptors (Lipinski definition) is 4. The summed E-state index contributed by atoms with van der Waals surface area (Å²) in [6, 6.07) is 12.0. The summed E-state index contributed by atoms with van der Waals surface area (Å²) in [4.78, 5) is 26.1. The third-order valence-corrected chi connectivity index (χ3v) is 4.22. The molecule has 140 valence electrons. The number of amides is 1. The molecule has 0 atom stereocenters. The number of aryl methyl sites for hydroxylation is 1. The maximum Gasteiger partial charge on any atom is 0.272 e. The second kappa shape index (κ2) is 9.90. The van der Waals surface area contributed by atoms with Crippen molar-refractivity contribution in [2.24, 2.45) is 0 Å². The molecule has 0 spiro atoms. The molecule has 1 aromatic heterocycles. The van der Waals surface area contributed by atoms with Crippen LogP contribution in [-0.4, -0.2) is 40.4 Å². The molecular formula is C21H30N4O. The van der Waals surface area contributed by atoms with E-state index < -0.39 is 0 Å². The van der Waals surface area contributed by atoms with E-state index in [4.69, 9.17) is 0 Å². The van der Waals surface area contributed by atoms with Gasteiger partial charge >= 0.3 is 0 Å². The molecule has 0 saturated carbocycles. The van der Waals surface area contributed by atoms with Gasteiger partial charge in [-0.1, -0.05) is 44.2 Å². The Hall–Kier alpha value is -2.43. The van der Waals surface area contributed by atoms with Crippen molar-refractivity contribution < 1.29 is 4.79 Å². The van der Waals surface area contributed by atoms with Crippen LogP contribution in [-0.2, 0) is 6.54 Å². The van der Waals surface area contributed by atoms with Crippen LogP contribution in [0.4, 0.5) is 5.95 Å². The Morgan fingerprint density at radius 1 is 1.00 bits per heavy atom. The third-order valence-electron chi connectivity index (χ3n) is 4.22. The molecule has 1 aromatic carbocycles. The first-order chi connectivity index (χ1) is 12.6. The van der Waals surface area contributed by atoms with E-state index >= 15 is 0 Å². The molecule has 0 bridgehead atoms. The van der Waals surface area contributed by atoms with E-state index in [0.717, 1.165) is 44.7 Å². The summed E-state index contributed by atoms with van der Waals surface area (Å²) in [6.07, 6.45) is 1.88. The first-order valence-electron chi connectivity index (χ1n) is 9.52. The number of nitrogens with zero attached hydrogens (tertiary/aromatic N) is 4. The molecule has 1 heterocycles. The van der Waals surface area contributed by atoms with Gasteiger partial charge in [-0.05, 0) is 38.3 Å². The molecule has 26 heavy (non-hydrogen) atoms. The summed E-state index contributed by atoms with van der Waals surface area (Å²) in [6.45, 7) is 11.2. The molecule has 0 unspecified atom stereocenters. The summed E-state index contributed by atoms with van der Waals surface area (Å²) >= 11 is 0. The molecule has 0 aliphatic heterocycles. The molecule has 5 nitrogen and oxygen atoms in total. The summed E-state index contributed by atoms with van der Waals surface area (Å²) in [5.41, 5.74) is 2.50. The Bertz CT molecular complexity index is 696. The fraction of sp³-hybridized carbons (Fsp3) is 0.476. The van der Waals surface area contributed by atoms with Crippen LogP contribution in [0.25, 0.3) is 0 Å². The Kier molecular flexibility index (Phi) is 7.57. The van der Waals surface area contributed by atoms with Crippen LogP contribution >= 0.6 is 0 Å². The average molecular weight is 354 g/mol. The molecule has 0 aliphatic carbocycles. The smallest absolute Gasteiger partial charge is 0.272 e. The summed E-state index contributed by atoms with van der Waals surface area (Å²) < 4.78 is 0. The zero-order valence-electron chi connectivity index (χ0n) is 16.4. The third kappa shape index (κ3) is 5.28. The number of hydrogen-bond donors (Lipinski definition) is 0. The van der Waals surface area contributed by atoms with Crippen LogP contribution in [0.15, 0.2) is 36.4 Å². The highest BCUT2D eigenvalue weighted by Gasteiger charge is 2.19. The van der Waals surface area contributed by atoms with E-state index in [-0.39, 0.29) is 5.91 Å². The van der Waals surface area contributed by atoms with E-state index in [1.807, 2.05) is 30.0 Å². The molecule has 0 saturated heterocycles. The Balaban J connectivity index is 2.28. The topological polar surface area (TPSA) is 49.3 Å². The molecule has 0 aliphatic rings. The number of carbonyl (C=O) groups excluding carboxylic acids is 1. The Morgan fingerprint density at radius 2 is 1.65 bits per heavy atom. The van der Waals surface area contributed by atoms with Gasteiger partial charge in [0.05, 0.1) is 0 Å². The monoisotopic (exact) mass is 354 g/mol. The molecule has 0 N–H and O–H groups in total. The number of carbonyl (C=O) groups is 1. The summed E-state index contributed by atoms with van der Waals surface area (Å²) in [7, 11) is 0. The van der Waals surface area contributed by atoms with Crippen molar-refractivity contribution in [2.45, 2.75) is 47.1 Å². The van der Waals surface area contributed by atoms with E-state index in [1.54, 1.807) is 6.07 Å². The van der Waals surface area contributed by atoms with E-state index in [2.05, 4.69) is 47.8 Å². The van der Waals surface area contributed by atoms with Crippen LogP contribution in [0.2, 0.25) is 0 Å². The van der Waals surface area contributed by atoms with Crippen LogP contribution in [0.3, 0.4) is 0 Å². The second-order valence-electron chi connectivity index (χ2n) is 6.49. The quantitative estimate of drug-likeness (QED) is 0.681. The summed E-state index contributed by atoms with van der Waals surface area (Å²) in [5, 5.41) is 0. The van der Waals surface area contributed by atoms with Gasteiger partial charge < -0.3 is 9.80 Å². The van der Waals surface area contributed by atoms with Gasteiger partial charge in [-0.2, -0.15) is 0 Å². The largest absolute Gasteiger partial charge is 0.337 e. The Morgan fingerprint density at radius 3 is 2.23 bits per heavy atom. The lowest BCUT2D eigenvalue weighted by Crippen LogP contribution is -2.34.